The average molecular weight is 253 g/mol. The van der Waals surface area contributed by atoms with Gasteiger partial charge in [0.25, 0.3) is 0 Å². The molecule has 0 heterocycles. The van der Waals surface area contributed by atoms with Crippen LogP contribution in [-0.2, 0) is 9.53 Å². The number of methoxy groups -OCH3 is 1. The summed E-state index contributed by atoms with van der Waals surface area (Å²) >= 11 is 0. The number of benzene rings is 1. The topological polar surface area (TPSA) is 38.3 Å². The van der Waals surface area contributed by atoms with Crippen molar-refractivity contribution in [2.75, 3.05) is 12.4 Å². The number of hydrogen-bond acceptors (Lipinski definition) is 3. The van der Waals surface area contributed by atoms with E-state index in [0.29, 0.717) is 17.7 Å². The van der Waals surface area contributed by atoms with Crippen LogP contribution in [0.5, 0.6) is 0 Å². The molecule has 0 saturated heterocycles. The zero-order valence-electron chi connectivity index (χ0n) is 11.1. The lowest BCUT2D eigenvalue weighted by Gasteiger charge is -2.18. The zero-order valence-corrected chi connectivity index (χ0v) is 11.1. The number of carbonyl (C=O) groups excluding carboxylic acids is 1. The van der Waals surface area contributed by atoms with Gasteiger partial charge in [0.05, 0.1) is 12.8 Å². The fraction of sp³-hybridized carbons (Fsp3) is 0.500. The molecule has 1 rings (SSSR count). The summed E-state index contributed by atoms with van der Waals surface area (Å²) in [4.78, 5) is 11.6. The Morgan fingerprint density at radius 2 is 2.22 bits per heavy atom. The van der Waals surface area contributed by atoms with Gasteiger partial charge in [-0.2, -0.15) is 0 Å². The highest BCUT2D eigenvalue weighted by molar-refractivity contribution is 5.79. The third-order valence-corrected chi connectivity index (χ3v) is 2.85. The van der Waals surface area contributed by atoms with Gasteiger partial charge in [0.2, 0.25) is 0 Å². The Labute approximate surface area is 107 Å². The molecule has 0 saturated carbocycles. The standard InChI is InChI=1S/C14H20FNO2/c1-4-5-8-12(14(17)18-3)16-11-9-6-7-10(2)13(11)15/h6-7,9,12,16H,4-5,8H2,1-3H3. The number of halogens is 1. The van der Waals surface area contributed by atoms with Crippen LogP contribution in [0.2, 0.25) is 0 Å². The molecule has 0 radical (unpaired) electrons. The molecule has 0 spiro atoms. The third kappa shape index (κ3) is 3.72. The van der Waals surface area contributed by atoms with Crippen LogP contribution < -0.4 is 5.32 Å². The van der Waals surface area contributed by atoms with Gasteiger partial charge in [-0.15, -0.1) is 0 Å². The van der Waals surface area contributed by atoms with E-state index >= 15 is 0 Å². The molecule has 4 heteroatoms. The molecule has 0 aliphatic heterocycles. The minimum Gasteiger partial charge on any atom is -0.467 e. The second-order valence-electron chi connectivity index (χ2n) is 4.30. The van der Waals surface area contributed by atoms with Gasteiger partial charge in [0.15, 0.2) is 0 Å². The molecule has 1 N–H and O–H groups in total. The van der Waals surface area contributed by atoms with Crippen molar-refractivity contribution in [3.63, 3.8) is 0 Å². The normalized spacial score (nSPS) is 12.0. The van der Waals surface area contributed by atoms with Crippen molar-refractivity contribution < 1.29 is 13.9 Å². The van der Waals surface area contributed by atoms with E-state index in [1.807, 2.05) is 6.92 Å². The quantitative estimate of drug-likeness (QED) is 0.791. The number of aryl methyl sites for hydroxylation is 1. The van der Waals surface area contributed by atoms with Gasteiger partial charge in [0.1, 0.15) is 11.9 Å². The van der Waals surface area contributed by atoms with Crippen molar-refractivity contribution in [3.05, 3.63) is 29.6 Å². The first-order valence-electron chi connectivity index (χ1n) is 6.19. The van der Waals surface area contributed by atoms with E-state index in [2.05, 4.69) is 5.32 Å². The number of ether oxygens (including phenoxy) is 1. The summed E-state index contributed by atoms with van der Waals surface area (Å²) in [7, 11) is 1.34. The molecule has 1 unspecified atom stereocenters. The number of nitrogens with one attached hydrogen (secondary N) is 1. The SMILES string of the molecule is CCCCC(Nc1cccc(C)c1F)C(=O)OC. The summed E-state index contributed by atoms with van der Waals surface area (Å²) in [6.45, 7) is 3.74. The Bertz CT molecular complexity index is 407. The highest BCUT2D eigenvalue weighted by Gasteiger charge is 2.19. The Hall–Kier alpha value is -1.58. The first-order valence-corrected chi connectivity index (χ1v) is 6.19. The van der Waals surface area contributed by atoms with Crippen LogP contribution in [0.25, 0.3) is 0 Å². The van der Waals surface area contributed by atoms with Crippen LogP contribution in [0.15, 0.2) is 18.2 Å². The molecular weight excluding hydrogens is 233 g/mol. The van der Waals surface area contributed by atoms with E-state index in [-0.39, 0.29) is 11.8 Å². The van der Waals surface area contributed by atoms with Gasteiger partial charge < -0.3 is 10.1 Å². The molecule has 0 amide bonds. The lowest BCUT2D eigenvalue weighted by atomic mass is 10.1. The van der Waals surface area contributed by atoms with Crippen LogP contribution in [0, 0.1) is 12.7 Å². The number of unbranched alkanes of at least 4 members (excludes halogenated alkanes) is 1. The minimum absolute atomic E-state index is 0.317. The van der Waals surface area contributed by atoms with Gasteiger partial charge >= 0.3 is 5.97 Å². The molecule has 0 aliphatic carbocycles. The predicted molar refractivity (Wildman–Crippen MR) is 70.1 cm³/mol. The highest BCUT2D eigenvalue weighted by atomic mass is 19.1. The van der Waals surface area contributed by atoms with Crippen molar-refractivity contribution in [1.82, 2.24) is 0 Å². The summed E-state index contributed by atoms with van der Waals surface area (Å²) < 4.78 is 18.6. The van der Waals surface area contributed by atoms with Crippen LogP contribution in [0.1, 0.15) is 31.7 Å². The number of hydrogen-bond donors (Lipinski definition) is 1. The lowest BCUT2D eigenvalue weighted by molar-refractivity contribution is -0.141. The average Bonchev–Trinajstić information content (AvgIpc) is 2.38. The van der Waals surface area contributed by atoms with Gasteiger partial charge in [0, 0.05) is 0 Å². The first kappa shape index (κ1) is 14.5. The van der Waals surface area contributed by atoms with Crippen LogP contribution in [0.3, 0.4) is 0 Å². The first-order chi connectivity index (χ1) is 8.60. The Morgan fingerprint density at radius 3 is 2.83 bits per heavy atom. The van der Waals surface area contributed by atoms with Crippen molar-refractivity contribution >= 4 is 11.7 Å². The summed E-state index contributed by atoms with van der Waals surface area (Å²) in [5.74, 6) is -0.674. The maximum atomic E-state index is 13.8. The maximum Gasteiger partial charge on any atom is 0.328 e. The van der Waals surface area contributed by atoms with Gasteiger partial charge in [-0.1, -0.05) is 31.9 Å². The molecule has 1 atom stereocenters. The largest absolute Gasteiger partial charge is 0.467 e. The van der Waals surface area contributed by atoms with Gasteiger partial charge in [-0.3, -0.25) is 0 Å². The number of rotatable bonds is 6. The zero-order chi connectivity index (χ0) is 13.5. The molecule has 1 aromatic rings. The monoisotopic (exact) mass is 253 g/mol. The Kier molecular flexibility index (Phi) is 5.62. The maximum absolute atomic E-state index is 13.8. The Balaban J connectivity index is 2.81. The summed E-state index contributed by atoms with van der Waals surface area (Å²) in [6.07, 6.45) is 2.50. The van der Waals surface area contributed by atoms with Crippen LogP contribution in [0.4, 0.5) is 10.1 Å². The van der Waals surface area contributed by atoms with Crippen molar-refractivity contribution in [2.45, 2.75) is 39.2 Å². The van der Waals surface area contributed by atoms with Gasteiger partial charge in [-0.05, 0) is 25.0 Å². The molecule has 0 bridgehead atoms. The molecule has 0 fully saturated rings. The summed E-state index contributed by atoms with van der Waals surface area (Å²) in [5.41, 5.74) is 0.903. The van der Waals surface area contributed by atoms with Crippen molar-refractivity contribution in [3.8, 4) is 0 Å². The molecule has 3 nitrogen and oxygen atoms in total. The summed E-state index contributed by atoms with van der Waals surface area (Å²) in [6, 6.07) is 4.59. The lowest BCUT2D eigenvalue weighted by Crippen LogP contribution is -2.31. The van der Waals surface area contributed by atoms with Crippen molar-refractivity contribution in [2.24, 2.45) is 0 Å². The highest BCUT2D eigenvalue weighted by Crippen LogP contribution is 2.19. The minimum atomic E-state index is -0.494. The van der Waals surface area contributed by atoms with Gasteiger partial charge in [-0.25, -0.2) is 9.18 Å². The number of carbonyl (C=O) groups is 1. The van der Waals surface area contributed by atoms with E-state index in [1.165, 1.54) is 7.11 Å². The number of esters is 1. The van der Waals surface area contributed by atoms with E-state index in [0.717, 1.165) is 12.8 Å². The third-order valence-electron chi connectivity index (χ3n) is 2.85. The molecule has 0 aromatic heterocycles. The second-order valence-corrected chi connectivity index (χ2v) is 4.30. The molecule has 1 aromatic carbocycles. The predicted octanol–water partition coefficient (Wildman–Crippen LogP) is 3.28. The molecule has 18 heavy (non-hydrogen) atoms. The van der Waals surface area contributed by atoms with E-state index in [4.69, 9.17) is 4.74 Å². The summed E-state index contributed by atoms with van der Waals surface area (Å²) in [5, 5.41) is 2.92. The van der Waals surface area contributed by atoms with E-state index in [1.54, 1.807) is 25.1 Å². The fourth-order valence-electron chi connectivity index (χ4n) is 1.75. The van der Waals surface area contributed by atoms with E-state index in [9.17, 15) is 9.18 Å². The number of anilines is 1. The van der Waals surface area contributed by atoms with Crippen LogP contribution >= 0.6 is 0 Å². The molecule has 100 valence electrons. The molecular formula is C14H20FNO2. The molecule has 0 aliphatic rings. The second kappa shape index (κ2) is 6.99. The smallest absolute Gasteiger partial charge is 0.328 e. The Morgan fingerprint density at radius 1 is 1.50 bits per heavy atom. The fourth-order valence-corrected chi connectivity index (χ4v) is 1.75. The van der Waals surface area contributed by atoms with Crippen molar-refractivity contribution in [1.29, 1.82) is 0 Å². The van der Waals surface area contributed by atoms with E-state index < -0.39 is 6.04 Å². The van der Waals surface area contributed by atoms with Crippen LogP contribution in [-0.4, -0.2) is 19.1 Å².